The Morgan fingerprint density at radius 3 is 2.74 bits per heavy atom. The molecule has 0 aliphatic rings. The van der Waals surface area contributed by atoms with E-state index in [-0.39, 0.29) is 11.3 Å². The van der Waals surface area contributed by atoms with Gasteiger partial charge in [-0.2, -0.15) is 10.4 Å². The van der Waals surface area contributed by atoms with Gasteiger partial charge in [0, 0.05) is 11.1 Å². The van der Waals surface area contributed by atoms with Crippen molar-refractivity contribution in [2.75, 3.05) is 5.32 Å². The summed E-state index contributed by atoms with van der Waals surface area (Å²) in [7, 11) is 0. The zero-order chi connectivity index (χ0) is 19.6. The van der Waals surface area contributed by atoms with Gasteiger partial charge >= 0.3 is 0 Å². The molecule has 0 unspecified atom stereocenters. The minimum atomic E-state index is -1.34. The number of carbonyl (C=O) groups excluding carboxylic acids is 1. The lowest BCUT2D eigenvalue weighted by molar-refractivity contribution is -0.123. The number of nitrogens with one attached hydrogen (secondary N) is 1. The van der Waals surface area contributed by atoms with E-state index >= 15 is 0 Å². The van der Waals surface area contributed by atoms with E-state index in [4.69, 9.17) is 16.0 Å². The molecule has 0 spiro atoms. The van der Waals surface area contributed by atoms with Crippen molar-refractivity contribution in [1.29, 1.82) is 5.26 Å². The Balaban J connectivity index is 1.98. The minimum absolute atomic E-state index is 0.258. The summed E-state index contributed by atoms with van der Waals surface area (Å²) in [5, 5.41) is 16.5. The standard InChI is InChI=1S/C19H15ClN4O3/c1-19(2,18(26)22-15-10-13(20)6-5-12(15)11-21)24-17(25)8-7-14(23-24)16-4-3-9-27-16/h3-10H,1-2H3,(H,22,26). The summed E-state index contributed by atoms with van der Waals surface area (Å²) in [5.41, 5.74) is -0.848. The third-order valence-electron chi connectivity index (χ3n) is 4.01. The van der Waals surface area contributed by atoms with Crippen LogP contribution in [0.25, 0.3) is 11.5 Å². The molecule has 0 saturated heterocycles. The van der Waals surface area contributed by atoms with Crippen LogP contribution in [-0.2, 0) is 10.3 Å². The lowest BCUT2D eigenvalue weighted by Gasteiger charge is -2.25. The zero-order valence-electron chi connectivity index (χ0n) is 14.6. The first-order chi connectivity index (χ1) is 12.8. The van der Waals surface area contributed by atoms with Crippen molar-refractivity contribution in [2.24, 2.45) is 0 Å². The van der Waals surface area contributed by atoms with E-state index in [1.165, 1.54) is 30.5 Å². The summed E-state index contributed by atoms with van der Waals surface area (Å²) in [6.07, 6.45) is 1.49. The van der Waals surface area contributed by atoms with Gasteiger partial charge in [0.25, 0.3) is 11.5 Å². The van der Waals surface area contributed by atoms with Gasteiger partial charge in [0.2, 0.25) is 0 Å². The summed E-state index contributed by atoms with van der Waals surface area (Å²) in [6.45, 7) is 3.11. The molecule has 3 aromatic rings. The molecule has 1 amide bonds. The largest absolute Gasteiger partial charge is 0.463 e. The number of halogens is 1. The van der Waals surface area contributed by atoms with Crippen LogP contribution in [0.5, 0.6) is 0 Å². The molecule has 27 heavy (non-hydrogen) atoms. The van der Waals surface area contributed by atoms with Crippen LogP contribution in [0.1, 0.15) is 19.4 Å². The molecule has 0 bridgehead atoms. The molecule has 0 saturated carbocycles. The van der Waals surface area contributed by atoms with Crippen molar-refractivity contribution >= 4 is 23.2 Å². The van der Waals surface area contributed by atoms with Gasteiger partial charge < -0.3 is 9.73 Å². The van der Waals surface area contributed by atoms with Crippen LogP contribution in [0.15, 0.2) is 57.9 Å². The Labute approximate surface area is 159 Å². The Morgan fingerprint density at radius 2 is 2.07 bits per heavy atom. The molecule has 0 atom stereocenters. The smallest absolute Gasteiger partial charge is 0.267 e. The topological polar surface area (TPSA) is 101 Å². The highest BCUT2D eigenvalue weighted by atomic mass is 35.5. The van der Waals surface area contributed by atoms with Gasteiger partial charge in [0.15, 0.2) is 5.76 Å². The van der Waals surface area contributed by atoms with Crippen LogP contribution in [-0.4, -0.2) is 15.7 Å². The molecule has 7 nitrogen and oxygen atoms in total. The lowest BCUT2D eigenvalue weighted by atomic mass is 10.0. The van der Waals surface area contributed by atoms with Crippen molar-refractivity contribution in [2.45, 2.75) is 19.4 Å². The second-order valence-electron chi connectivity index (χ2n) is 6.26. The van der Waals surface area contributed by atoms with Crippen molar-refractivity contribution < 1.29 is 9.21 Å². The van der Waals surface area contributed by atoms with E-state index in [2.05, 4.69) is 10.4 Å². The third-order valence-corrected chi connectivity index (χ3v) is 4.24. The van der Waals surface area contributed by atoms with Crippen molar-refractivity contribution in [3.8, 4) is 17.5 Å². The number of nitriles is 1. The Bertz CT molecular complexity index is 1090. The molecule has 2 heterocycles. The fourth-order valence-electron chi connectivity index (χ4n) is 2.46. The molecule has 0 aliphatic carbocycles. The second-order valence-corrected chi connectivity index (χ2v) is 6.70. The number of hydrogen-bond donors (Lipinski definition) is 1. The van der Waals surface area contributed by atoms with Crippen LogP contribution < -0.4 is 10.9 Å². The molecule has 0 aliphatic heterocycles. The van der Waals surface area contributed by atoms with E-state index in [1.807, 2.05) is 6.07 Å². The quantitative estimate of drug-likeness (QED) is 0.745. The van der Waals surface area contributed by atoms with E-state index < -0.39 is 17.0 Å². The molecule has 0 radical (unpaired) electrons. The van der Waals surface area contributed by atoms with Crippen molar-refractivity contribution in [3.05, 3.63) is 69.7 Å². The van der Waals surface area contributed by atoms with E-state index in [1.54, 1.807) is 32.0 Å². The Kier molecular flexibility index (Phi) is 4.84. The monoisotopic (exact) mass is 382 g/mol. The van der Waals surface area contributed by atoms with Gasteiger partial charge in [-0.25, -0.2) is 4.68 Å². The Morgan fingerprint density at radius 1 is 1.30 bits per heavy atom. The maximum Gasteiger partial charge on any atom is 0.267 e. The van der Waals surface area contributed by atoms with Gasteiger partial charge in [-0.15, -0.1) is 0 Å². The number of anilines is 1. The summed E-state index contributed by atoms with van der Waals surface area (Å²) in [6, 6.07) is 12.8. The first-order valence-electron chi connectivity index (χ1n) is 7.99. The number of benzene rings is 1. The first-order valence-corrected chi connectivity index (χ1v) is 8.36. The van der Waals surface area contributed by atoms with E-state index in [0.717, 1.165) is 4.68 Å². The molecular formula is C19H15ClN4O3. The van der Waals surface area contributed by atoms with Gasteiger partial charge in [-0.05, 0) is 50.2 Å². The summed E-state index contributed by atoms with van der Waals surface area (Å²) in [4.78, 5) is 25.2. The van der Waals surface area contributed by atoms with Gasteiger partial charge in [0.05, 0.1) is 17.5 Å². The number of carbonyl (C=O) groups is 1. The summed E-state index contributed by atoms with van der Waals surface area (Å²) < 4.78 is 6.38. The van der Waals surface area contributed by atoms with Crippen LogP contribution in [0.3, 0.4) is 0 Å². The zero-order valence-corrected chi connectivity index (χ0v) is 15.3. The molecule has 2 aromatic heterocycles. The van der Waals surface area contributed by atoms with E-state index in [9.17, 15) is 14.9 Å². The fraction of sp³-hybridized carbons (Fsp3) is 0.158. The normalized spacial score (nSPS) is 11.0. The number of rotatable bonds is 4. The molecular weight excluding hydrogens is 368 g/mol. The van der Waals surface area contributed by atoms with Crippen LogP contribution in [0, 0.1) is 11.3 Å². The summed E-state index contributed by atoms with van der Waals surface area (Å²) >= 11 is 5.95. The lowest BCUT2D eigenvalue weighted by Crippen LogP contribution is -2.47. The molecule has 1 aromatic carbocycles. The average molecular weight is 383 g/mol. The average Bonchev–Trinajstić information content (AvgIpc) is 3.16. The van der Waals surface area contributed by atoms with Crippen molar-refractivity contribution in [1.82, 2.24) is 9.78 Å². The maximum absolute atomic E-state index is 12.9. The van der Waals surface area contributed by atoms with Gasteiger partial charge in [0.1, 0.15) is 17.3 Å². The van der Waals surface area contributed by atoms with Crippen LogP contribution >= 0.6 is 11.6 Å². The number of hydrogen-bond acceptors (Lipinski definition) is 5. The highest BCUT2D eigenvalue weighted by Gasteiger charge is 2.33. The van der Waals surface area contributed by atoms with E-state index in [0.29, 0.717) is 16.5 Å². The van der Waals surface area contributed by atoms with Gasteiger partial charge in [-0.1, -0.05) is 11.6 Å². The SMILES string of the molecule is CC(C)(C(=O)Nc1cc(Cl)ccc1C#N)n1nc(-c2ccco2)ccc1=O. The highest BCUT2D eigenvalue weighted by molar-refractivity contribution is 6.31. The maximum atomic E-state index is 12.9. The van der Waals surface area contributed by atoms with Gasteiger partial charge in [-0.3, -0.25) is 9.59 Å². The first kappa shape index (κ1) is 18.4. The molecule has 1 N–H and O–H groups in total. The highest BCUT2D eigenvalue weighted by Crippen LogP contribution is 2.24. The fourth-order valence-corrected chi connectivity index (χ4v) is 2.63. The summed E-state index contributed by atoms with van der Waals surface area (Å²) in [5.74, 6) is -0.0472. The third kappa shape index (κ3) is 3.61. The Hall–Kier alpha value is -3.37. The minimum Gasteiger partial charge on any atom is -0.463 e. The predicted molar refractivity (Wildman–Crippen MR) is 100 cm³/mol. The molecule has 136 valence electrons. The van der Waals surface area contributed by atoms with Crippen LogP contribution in [0.4, 0.5) is 5.69 Å². The number of aromatic nitrogens is 2. The molecule has 8 heteroatoms. The molecule has 3 rings (SSSR count). The predicted octanol–water partition coefficient (Wildman–Crippen LogP) is 3.40. The number of furan rings is 1. The van der Waals surface area contributed by atoms with Crippen LogP contribution in [0.2, 0.25) is 5.02 Å². The van der Waals surface area contributed by atoms with Crippen molar-refractivity contribution in [3.63, 3.8) is 0 Å². The number of nitrogens with zero attached hydrogens (tertiary/aromatic N) is 3. The number of amides is 1. The second kappa shape index (κ2) is 7.09. The molecule has 0 fully saturated rings.